The van der Waals surface area contributed by atoms with Gasteiger partial charge in [0.1, 0.15) is 5.82 Å². The van der Waals surface area contributed by atoms with Crippen molar-refractivity contribution in [2.24, 2.45) is 5.73 Å². The Morgan fingerprint density at radius 1 is 1.03 bits per heavy atom. The number of anilines is 3. The number of hydrogen-bond acceptors (Lipinski definition) is 5. The van der Waals surface area contributed by atoms with E-state index in [4.69, 9.17) is 5.73 Å². The summed E-state index contributed by atoms with van der Waals surface area (Å²) in [5.74, 6) is -6.88. The van der Waals surface area contributed by atoms with Crippen molar-refractivity contribution < 1.29 is 30.8 Å². The summed E-state index contributed by atoms with van der Waals surface area (Å²) in [6.45, 7) is 2.97. The predicted octanol–water partition coefficient (Wildman–Crippen LogP) is 4.14. The van der Waals surface area contributed by atoms with Crippen LogP contribution in [0, 0.1) is 30.2 Å². The molecule has 3 rings (SSSR count). The Labute approximate surface area is 193 Å². The van der Waals surface area contributed by atoms with Crippen LogP contribution in [0.5, 0.6) is 0 Å². The number of carbonyl (C=O) groups is 1. The van der Waals surface area contributed by atoms with Crippen LogP contribution in [0.2, 0.25) is 0 Å². The van der Waals surface area contributed by atoms with Gasteiger partial charge in [-0.05, 0) is 54.8 Å². The van der Waals surface area contributed by atoms with E-state index in [1.807, 2.05) is 4.72 Å². The molecule has 4 N–H and O–H groups in total. The van der Waals surface area contributed by atoms with E-state index in [0.717, 1.165) is 24.4 Å². The Morgan fingerprint density at radius 3 is 2.35 bits per heavy atom. The van der Waals surface area contributed by atoms with Crippen LogP contribution in [0.1, 0.15) is 34.0 Å². The summed E-state index contributed by atoms with van der Waals surface area (Å²) < 4.78 is 84.3. The zero-order valence-corrected chi connectivity index (χ0v) is 18.9. The molecule has 0 fully saturated rings. The Morgan fingerprint density at radius 2 is 1.74 bits per heavy atom. The minimum Gasteiger partial charge on any atom is -0.366 e. The van der Waals surface area contributed by atoms with Crippen LogP contribution in [0.15, 0.2) is 36.5 Å². The highest BCUT2D eigenvalue weighted by Crippen LogP contribution is 2.31. The molecule has 3 aromatic rings. The van der Waals surface area contributed by atoms with Gasteiger partial charge in [-0.1, -0.05) is 6.07 Å². The van der Waals surface area contributed by atoms with Gasteiger partial charge in [0.25, 0.3) is 5.91 Å². The molecule has 0 aliphatic heterocycles. The SMILES string of the molecule is CCS(=O)(=O)Nc1nccc(Cc2cc(C(N)=O)c(Nc3ccc(C)cc3F)c(F)c2F)c1F. The number of hydrogen-bond donors (Lipinski definition) is 3. The topological polar surface area (TPSA) is 114 Å². The minimum absolute atomic E-state index is 0.216. The number of rotatable bonds is 8. The zero-order chi connectivity index (χ0) is 25.2. The molecule has 0 aliphatic carbocycles. The number of nitrogens with zero attached hydrogens (tertiary/aromatic N) is 1. The van der Waals surface area contributed by atoms with Crippen LogP contribution < -0.4 is 15.8 Å². The summed E-state index contributed by atoms with van der Waals surface area (Å²) in [4.78, 5) is 15.6. The van der Waals surface area contributed by atoms with E-state index in [2.05, 4.69) is 10.3 Å². The van der Waals surface area contributed by atoms with E-state index in [1.54, 1.807) is 6.92 Å². The number of amides is 1. The summed E-state index contributed by atoms with van der Waals surface area (Å²) in [6.07, 6.45) is 0.530. The first-order valence-corrected chi connectivity index (χ1v) is 11.6. The molecule has 0 radical (unpaired) electrons. The molecule has 0 saturated heterocycles. The van der Waals surface area contributed by atoms with Crippen LogP contribution >= 0.6 is 0 Å². The summed E-state index contributed by atoms with van der Waals surface area (Å²) in [5.41, 5.74) is 3.87. The lowest BCUT2D eigenvalue weighted by molar-refractivity contribution is 0.100. The first kappa shape index (κ1) is 25.0. The largest absolute Gasteiger partial charge is 0.366 e. The smallest absolute Gasteiger partial charge is 0.250 e. The fourth-order valence-corrected chi connectivity index (χ4v) is 3.68. The van der Waals surface area contributed by atoms with Crippen molar-refractivity contribution in [2.45, 2.75) is 20.3 Å². The molecule has 0 atom stereocenters. The molecule has 0 aliphatic rings. The molecule has 7 nitrogen and oxygen atoms in total. The Bertz CT molecular complexity index is 1380. The van der Waals surface area contributed by atoms with Crippen LogP contribution in [0.3, 0.4) is 0 Å². The number of halogens is 4. The molecule has 34 heavy (non-hydrogen) atoms. The van der Waals surface area contributed by atoms with Crippen molar-refractivity contribution in [1.82, 2.24) is 4.98 Å². The third kappa shape index (κ3) is 5.28. The van der Waals surface area contributed by atoms with Gasteiger partial charge in [0, 0.05) is 12.6 Å². The number of benzene rings is 2. The Balaban J connectivity index is 2.04. The molecule has 12 heteroatoms. The van der Waals surface area contributed by atoms with Gasteiger partial charge in [0.2, 0.25) is 10.0 Å². The second-order valence-corrected chi connectivity index (χ2v) is 9.38. The third-order valence-corrected chi connectivity index (χ3v) is 6.18. The third-order valence-electron chi connectivity index (χ3n) is 4.91. The van der Waals surface area contributed by atoms with Gasteiger partial charge in [-0.2, -0.15) is 0 Å². The number of carbonyl (C=O) groups excluding carboxylic acids is 1. The first-order valence-electron chi connectivity index (χ1n) is 9.91. The minimum atomic E-state index is -3.85. The van der Waals surface area contributed by atoms with Crippen molar-refractivity contribution in [3.63, 3.8) is 0 Å². The number of primary amides is 1. The van der Waals surface area contributed by atoms with Crippen LogP contribution in [-0.2, 0) is 16.4 Å². The lowest BCUT2D eigenvalue weighted by Gasteiger charge is -2.16. The van der Waals surface area contributed by atoms with E-state index >= 15 is 0 Å². The van der Waals surface area contributed by atoms with Crippen LogP contribution in [-0.4, -0.2) is 25.1 Å². The van der Waals surface area contributed by atoms with Gasteiger partial charge in [0.15, 0.2) is 23.3 Å². The van der Waals surface area contributed by atoms with E-state index in [-0.39, 0.29) is 17.0 Å². The zero-order valence-electron chi connectivity index (χ0n) is 18.0. The van der Waals surface area contributed by atoms with Gasteiger partial charge < -0.3 is 11.1 Å². The molecule has 1 amide bonds. The van der Waals surface area contributed by atoms with Crippen molar-refractivity contribution >= 4 is 33.1 Å². The second kappa shape index (κ2) is 9.67. The van der Waals surface area contributed by atoms with E-state index in [9.17, 15) is 30.8 Å². The van der Waals surface area contributed by atoms with Crippen LogP contribution in [0.4, 0.5) is 34.8 Å². The first-order chi connectivity index (χ1) is 15.9. The fraction of sp³-hybridized carbons (Fsp3) is 0.182. The summed E-state index contributed by atoms with van der Waals surface area (Å²) >= 11 is 0. The van der Waals surface area contributed by atoms with Gasteiger partial charge in [-0.15, -0.1) is 0 Å². The lowest BCUT2D eigenvalue weighted by Crippen LogP contribution is -2.18. The molecule has 1 heterocycles. The average molecular weight is 496 g/mol. The van der Waals surface area contributed by atoms with Gasteiger partial charge in [-0.25, -0.2) is 31.0 Å². The highest BCUT2D eigenvalue weighted by molar-refractivity contribution is 7.92. The highest BCUT2D eigenvalue weighted by atomic mass is 32.2. The Kier molecular flexibility index (Phi) is 7.10. The number of pyridine rings is 1. The normalized spacial score (nSPS) is 11.4. The summed E-state index contributed by atoms with van der Waals surface area (Å²) in [5, 5.41) is 2.35. The maximum absolute atomic E-state index is 15.0. The summed E-state index contributed by atoms with van der Waals surface area (Å²) in [6, 6.07) is 6.03. The van der Waals surface area contributed by atoms with Gasteiger partial charge in [0.05, 0.1) is 22.7 Å². The van der Waals surface area contributed by atoms with E-state index in [1.165, 1.54) is 19.1 Å². The molecular formula is C22H20F4N4O3S. The highest BCUT2D eigenvalue weighted by Gasteiger charge is 2.24. The van der Waals surface area contributed by atoms with Crippen molar-refractivity contribution in [3.8, 4) is 0 Å². The van der Waals surface area contributed by atoms with Crippen molar-refractivity contribution in [1.29, 1.82) is 0 Å². The van der Waals surface area contributed by atoms with E-state index in [0.29, 0.717) is 5.56 Å². The fourth-order valence-electron chi connectivity index (χ4n) is 3.10. The lowest BCUT2D eigenvalue weighted by atomic mass is 10.00. The number of nitrogens with two attached hydrogens (primary N) is 1. The predicted molar refractivity (Wildman–Crippen MR) is 119 cm³/mol. The molecule has 1 aromatic heterocycles. The van der Waals surface area contributed by atoms with Crippen molar-refractivity contribution in [2.75, 3.05) is 15.8 Å². The van der Waals surface area contributed by atoms with E-state index < -0.39 is 68.3 Å². The van der Waals surface area contributed by atoms with Gasteiger partial charge >= 0.3 is 0 Å². The number of sulfonamides is 1. The molecule has 2 aromatic carbocycles. The molecule has 0 spiro atoms. The quantitative estimate of drug-likeness (QED) is 0.406. The standard InChI is InChI=1S/C22H20F4N4O3S/c1-3-34(32,33)30-22-18(25)12(6-7-28-22)9-13-10-14(21(27)31)20(19(26)17(13)24)29-16-5-4-11(2)8-15(16)23/h4-8,10,29H,3,9H2,1-2H3,(H2,27,31)(H,28,30). The second-order valence-electron chi connectivity index (χ2n) is 7.37. The molecule has 0 unspecified atom stereocenters. The number of aryl methyl sites for hydroxylation is 1. The van der Waals surface area contributed by atoms with Gasteiger partial charge in [-0.3, -0.25) is 9.52 Å². The Hall–Kier alpha value is -3.67. The van der Waals surface area contributed by atoms with Crippen LogP contribution in [0.25, 0.3) is 0 Å². The molecule has 180 valence electrons. The molecule has 0 saturated carbocycles. The number of aromatic nitrogens is 1. The molecule has 0 bridgehead atoms. The number of nitrogens with one attached hydrogen (secondary N) is 2. The maximum Gasteiger partial charge on any atom is 0.250 e. The molecular weight excluding hydrogens is 476 g/mol. The monoisotopic (exact) mass is 496 g/mol. The average Bonchev–Trinajstić information content (AvgIpc) is 2.77. The van der Waals surface area contributed by atoms with Crippen molar-refractivity contribution in [3.05, 3.63) is 82.1 Å². The summed E-state index contributed by atoms with van der Waals surface area (Å²) in [7, 11) is -3.85. The maximum atomic E-state index is 15.0.